The molecule has 8 aliphatic rings. The second-order valence-electron chi connectivity index (χ2n) is 38.3. The number of aryl methyl sites for hydroxylation is 3. The smallest absolute Gasteiger partial charge is 0.148 e. The lowest BCUT2D eigenvalue weighted by molar-refractivity contribution is 0.303. The fourth-order valence-corrected chi connectivity index (χ4v) is 20.6. The van der Waals surface area contributed by atoms with Gasteiger partial charge in [0.15, 0.2) is 0 Å². The second kappa shape index (κ2) is 42.0. The number of anilines is 8. The number of rotatable bonds is 28. The lowest BCUT2D eigenvalue weighted by Crippen LogP contribution is -2.34. The molecule has 8 aromatic carbocycles. The average Bonchev–Trinajstić information content (AvgIpc) is 1.50. The maximum Gasteiger partial charge on any atom is 0.148 e. The number of nitrogens with zero attached hydrogens (tertiary/aromatic N) is 16. The lowest BCUT2D eigenvalue weighted by atomic mass is 9.88. The number of piperidine rings is 4. The number of ether oxygens (including phenoxy) is 4. The van der Waals surface area contributed by atoms with Gasteiger partial charge in [-0.15, -0.1) is 0 Å². The SMILES string of the molecule is CCCN(C)c1cc2c(N3CCC(c4cc(F)ccc4OC)CC3)nc(C3CC3)nc2cc1C.CCCN(C)c1cc2c(N3CCC(c4ccccc4OC)CC3)nc(C3CC3)nc2cc1C.COc1ccccc1C1CCN(c2nc(C3CC3)nc3c(C)cc(N(C)CCO)cc23)CC1.COc1ccccc1C1CCN(c2nc(C3CC3)nc3cc(F)c(N(C)CCO)cc23)CC1. The van der Waals surface area contributed by atoms with Crippen LogP contribution in [-0.4, -0.2) is 198 Å². The summed E-state index contributed by atoms with van der Waals surface area (Å²) in [6.45, 7) is 21.6. The first-order valence-corrected chi connectivity index (χ1v) is 49.0. The molecule has 0 amide bonds. The van der Waals surface area contributed by atoms with E-state index >= 15 is 0 Å². The summed E-state index contributed by atoms with van der Waals surface area (Å²) in [5.41, 5.74) is 16.6. The molecule has 22 nitrogen and oxygen atoms in total. The number of benzene rings is 8. The van der Waals surface area contributed by atoms with Crippen LogP contribution >= 0.6 is 0 Å². The number of aliphatic hydroxyl groups is 2. The van der Waals surface area contributed by atoms with Crippen LogP contribution in [0.1, 0.15) is 239 Å². The van der Waals surface area contributed by atoms with E-state index in [2.05, 4.69) is 174 Å². The Bertz CT molecular complexity index is 5880. The number of para-hydroxylation sites is 3. The van der Waals surface area contributed by atoms with Gasteiger partial charge < -0.3 is 68.4 Å². The summed E-state index contributed by atoms with van der Waals surface area (Å²) in [5.74, 6) is 14.9. The number of fused-ring (bicyclic) bond motifs is 4. The first-order valence-electron chi connectivity index (χ1n) is 49.0. The second-order valence-corrected chi connectivity index (χ2v) is 38.3. The zero-order valence-corrected chi connectivity index (χ0v) is 80.5. The summed E-state index contributed by atoms with van der Waals surface area (Å²) >= 11 is 0. The molecule has 8 heterocycles. The van der Waals surface area contributed by atoms with Crippen molar-refractivity contribution in [1.29, 1.82) is 0 Å². The molecule has 20 rings (SSSR count). The molecule has 4 aromatic heterocycles. The summed E-state index contributed by atoms with van der Waals surface area (Å²) in [4.78, 5) is 58.3. The Morgan fingerprint density at radius 2 is 0.647 bits per heavy atom. The third kappa shape index (κ3) is 21.2. The maximum absolute atomic E-state index is 14.9. The van der Waals surface area contributed by atoms with E-state index in [-0.39, 0.29) is 30.8 Å². The monoisotopic (exact) mass is 1800 g/mol. The van der Waals surface area contributed by atoms with Crippen LogP contribution in [-0.2, 0) is 0 Å². The molecule has 0 bridgehead atoms. The minimum Gasteiger partial charge on any atom is -0.496 e. The van der Waals surface area contributed by atoms with E-state index in [0.29, 0.717) is 65.7 Å². The van der Waals surface area contributed by atoms with Gasteiger partial charge in [-0.3, -0.25) is 0 Å². The Morgan fingerprint density at radius 1 is 0.323 bits per heavy atom. The molecular formula is C109H136F2N16O6. The maximum atomic E-state index is 14.9. The quantitative estimate of drug-likeness (QED) is 0.0467. The fourth-order valence-electron chi connectivity index (χ4n) is 20.6. The number of halogens is 2. The summed E-state index contributed by atoms with van der Waals surface area (Å²) in [6, 6.07) is 46.9. The van der Waals surface area contributed by atoms with Crippen LogP contribution in [0.3, 0.4) is 0 Å². The zero-order valence-electron chi connectivity index (χ0n) is 80.5. The molecular weight excluding hydrogens is 1670 g/mol. The van der Waals surface area contributed by atoms with Crippen LogP contribution in [0.5, 0.6) is 23.0 Å². The summed E-state index contributed by atoms with van der Waals surface area (Å²) < 4.78 is 51.3. The molecule has 8 fully saturated rings. The summed E-state index contributed by atoms with van der Waals surface area (Å²) in [5, 5.41) is 23.1. The zero-order chi connectivity index (χ0) is 92.7. The molecule has 2 N–H and O–H groups in total. The van der Waals surface area contributed by atoms with Crippen LogP contribution in [0.25, 0.3) is 43.6 Å². The highest BCUT2D eigenvalue weighted by atomic mass is 19.1. The molecule has 0 spiro atoms. The van der Waals surface area contributed by atoms with Gasteiger partial charge in [0.2, 0.25) is 0 Å². The van der Waals surface area contributed by atoms with Gasteiger partial charge in [-0.05, 0) is 272 Å². The van der Waals surface area contributed by atoms with Gasteiger partial charge in [0.1, 0.15) is 81.2 Å². The number of aromatic nitrogens is 8. The minimum absolute atomic E-state index is 0.0333. The molecule has 12 aromatic rings. The van der Waals surface area contributed by atoms with Gasteiger partial charge >= 0.3 is 0 Å². The topological polar surface area (TPSA) is 206 Å². The predicted octanol–water partition coefficient (Wildman–Crippen LogP) is 21.4. The molecule has 702 valence electrons. The molecule has 0 unspecified atom stereocenters. The minimum atomic E-state index is -0.320. The third-order valence-electron chi connectivity index (χ3n) is 28.7. The van der Waals surface area contributed by atoms with Gasteiger partial charge in [0, 0.05) is 181 Å². The van der Waals surface area contributed by atoms with Gasteiger partial charge in [-0.1, -0.05) is 68.4 Å². The van der Waals surface area contributed by atoms with Crippen molar-refractivity contribution in [2.24, 2.45) is 0 Å². The normalized spacial score (nSPS) is 16.9. The van der Waals surface area contributed by atoms with Crippen molar-refractivity contribution in [2.45, 2.75) is 198 Å². The van der Waals surface area contributed by atoms with Gasteiger partial charge in [0.25, 0.3) is 0 Å². The Morgan fingerprint density at radius 3 is 1.01 bits per heavy atom. The Kier molecular flexibility index (Phi) is 29.4. The van der Waals surface area contributed by atoms with Crippen LogP contribution in [0.15, 0.2) is 140 Å². The first kappa shape index (κ1) is 93.3. The first-order chi connectivity index (χ1) is 64.7. The van der Waals surface area contributed by atoms with Crippen molar-refractivity contribution in [3.63, 3.8) is 0 Å². The van der Waals surface area contributed by atoms with E-state index in [1.165, 1.54) is 101 Å². The number of likely N-dealkylation sites (N-methyl/N-ethyl adjacent to an activating group) is 2. The number of hydrogen-bond acceptors (Lipinski definition) is 22. The third-order valence-corrected chi connectivity index (χ3v) is 28.7. The van der Waals surface area contributed by atoms with E-state index in [1.54, 1.807) is 52.5 Å². The summed E-state index contributed by atoms with van der Waals surface area (Å²) in [7, 11) is 15.1. The number of hydrogen-bond donors (Lipinski definition) is 2. The predicted molar refractivity (Wildman–Crippen MR) is 537 cm³/mol. The standard InChI is InChI=1S/C28H35FN4O.C28H36N4O.C27H34N4O2.C26H31FN4O2/c1-5-12-32(3)25-17-23-24(15-18(25)2)30-27(20-6-7-20)31-28(23)33-13-10-19(11-14-33)22-16-21(29)8-9-26(22)34-4;1-5-14-31(3)25-18-23-24(17-19(25)2)29-27(21-10-11-21)30-28(23)32-15-12-20(13-16-32)22-8-6-7-9-26(22)33-4;1-18-16-21(30(2)14-15-32)17-23-25(18)28-26(20-8-9-20)29-27(23)31-12-10-19(11-13-31)22-6-4-5-7-24(22)33-3;1-30(13-14-32)23-15-20-22(16-21(23)27)28-25(18-7-8-18)29-26(20)31-11-9-17(10-12-31)19-5-3-4-6-24(19)33-2/h8-9,15-17,19-20H,5-7,10-14H2,1-4H3;6-9,17-18,20-21H,5,10-16H2,1-4H3;4-7,16-17,19-20,32H,8-15H2,1-3H3;3-6,15-18,32H,7-14H2,1-2H3. The van der Waals surface area contributed by atoms with Gasteiger partial charge in [-0.25, -0.2) is 48.7 Å². The Balaban J connectivity index is 0.000000124. The molecule has 4 aliphatic heterocycles. The molecule has 4 aliphatic carbocycles. The largest absolute Gasteiger partial charge is 0.496 e. The average molecular weight is 1800 g/mol. The highest BCUT2D eigenvalue weighted by molar-refractivity contribution is 5.97. The molecule has 0 radical (unpaired) electrons. The Labute approximate surface area is 784 Å². The highest BCUT2D eigenvalue weighted by Crippen LogP contribution is 2.49. The van der Waals surface area contributed by atoms with E-state index < -0.39 is 0 Å². The van der Waals surface area contributed by atoms with E-state index in [9.17, 15) is 19.0 Å². The molecule has 24 heteroatoms. The van der Waals surface area contributed by atoms with Crippen molar-refractivity contribution < 1.29 is 37.9 Å². The van der Waals surface area contributed by atoms with E-state index in [4.69, 9.17) is 58.8 Å². The van der Waals surface area contributed by atoms with Gasteiger partial charge in [-0.2, -0.15) is 0 Å². The molecule has 4 saturated heterocycles. The van der Waals surface area contributed by atoms with Crippen molar-refractivity contribution >= 4 is 89.6 Å². The number of aliphatic hydroxyl groups excluding tert-OH is 2. The van der Waals surface area contributed by atoms with Gasteiger partial charge in [0.05, 0.1) is 69.4 Å². The van der Waals surface area contributed by atoms with E-state index in [0.717, 1.165) is 256 Å². The van der Waals surface area contributed by atoms with Crippen LogP contribution in [0, 0.1) is 32.4 Å². The van der Waals surface area contributed by atoms with Crippen molar-refractivity contribution in [1.82, 2.24) is 39.9 Å². The van der Waals surface area contributed by atoms with Crippen molar-refractivity contribution in [3.05, 3.63) is 213 Å². The lowest BCUT2D eigenvalue weighted by Gasteiger charge is -2.34. The summed E-state index contributed by atoms with van der Waals surface area (Å²) in [6.07, 6.45) is 19.9. The van der Waals surface area contributed by atoms with E-state index in [1.807, 2.05) is 31.3 Å². The fraction of sp³-hybridized carbons (Fsp3) is 0.486. The highest BCUT2D eigenvalue weighted by Gasteiger charge is 2.37. The molecule has 0 atom stereocenters. The van der Waals surface area contributed by atoms with Crippen LogP contribution in [0.4, 0.5) is 54.8 Å². The van der Waals surface area contributed by atoms with Crippen molar-refractivity contribution in [3.8, 4) is 23.0 Å². The molecule has 4 saturated carbocycles. The van der Waals surface area contributed by atoms with Crippen LogP contribution in [0.2, 0.25) is 0 Å². The van der Waals surface area contributed by atoms with Crippen LogP contribution < -0.4 is 58.1 Å². The Hall–Kier alpha value is -11.5. The van der Waals surface area contributed by atoms with Crippen molar-refractivity contribution in [2.75, 3.05) is 188 Å². The molecule has 133 heavy (non-hydrogen) atoms. The number of methoxy groups -OCH3 is 4.